The Morgan fingerprint density at radius 3 is 2.13 bits per heavy atom. The zero-order valence-corrected chi connectivity index (χ0v) is 29.2. The van der Waals surface area contributed by atoms with Crippen LogP contribution in [-0.4, -0.2) is 37.1 Å². The minimum absolute atomic E-state index is 0. The summed E-state index contributed by atoms with van der Waals surface area (Å²) < 4.78 is 38.4. The van der Waals surface area contributed by atoms with E-state index in [2.05, 4.69) is 31.4 Å². The SMILES string of the molecule is CC(C)(C)c1ccc(C(Cc2ccc(C(=O)NCCS(=O)(=O)[O-])cc2)C(=O)Nc2ccc(-c3cc4ccccc4o3)cc2)cc1.[Na+]. The number of anilines is 1. The van der Waals surface area contributed by atoms with Crippen molar-refractivity contribution in [2.45, 2.75) is 38.5 Å². The number of benzene rings is 4. The van der Waals surface area contributed by atoms with Crippen molar-refractivity contribution in [3.8, 4) is 11.3 Å². The molecule has 10 heteroatoms. The molecule has 1 unspecified atom stereocenters. The molecule has 2 N–H and O–H groups in total. The Morgan fingerprint density at radius 1 is 0.870 bits per heavy atom. The van der Waals surface area contributed by atoms with Gasteiger partial charge in [0.15, 0.2) is 0 Å². The standard InChI is InChI=1S/C36H36N2O6S.Na/c1-36(2,3)29-16-12-25(13-17-29)31(22-24-8-10-27(11-9-24)34(39)37-20-21-45(41,42)43)35(40)38-30-18-14-26(15-19-30)33-23-28-6-4-5-7-32(28)44-33;/h4-19,23,31H,20-22H2,1-3H3,(H,37,39)(H,38,40)(H,41,42,43);/q;+1/p-1. The summed E-state index contributed by atoms with van der Waals surface area (Å²) in [4.78, 5) is 26.2. The minimum atomic E-state index is -4.42. The van der Waals surface area contributed by atoms with Crippen molar-refractivity contribution in [1.29, 1.82) is 0 Å². The summed E-state index contributed by atoms with van der Waals surface area (Å²) in [5.41, 5.74) is 5.52. The third-order valence-corrected chi connectivity index (χ3v) is 8.36. The Hall–Kier alpha value is -3.73. The van der Waals surface area contributed by atoms with Gasteiger partial charge in [-0.05, 0) is 77.1 Å². The number of rotatable bonds is 10. The quantitative estimate of drug-likeness (QED) is 0.176. The maximum atomic E-state index is 13.8. The fraction of sp³-hybridized carbons (Fsp3) is 0.222. The van der Waals surface area contributed by atoms with Gasteiger partial charge in [0.2, 0.25) is 5.91 Å². The topological polar surface area (TPSA) is 129 Å². The Morgan fingerprint density at radius 2 is 1.52 bits per heavy atom. The molecule has 0 bridgehead atoms. The van der Waals surface area contributed by atoms with Gasteiger partial charge in [-0.15, -0.1) is 0 Å². The molecule has 5 aromatic rings. The Balaban J connectivity index is 0.00000480. The fourth-order valence-corrected chi connectivity index (χ4v) is 5.42. The molecule has 8 nitrogen and oxygen atoms in total. The van der Waals surface area contributed by atoms with Gasteiger partial charge < -0.3 is 19.6 Å². The van der Waals surface area contributed by atoms with E-state index in [0.717, 1.165) is 39.0 Å². The summed E-state index contributed by atoms with van der Waals surface area (Å²) in [5, 5.41) is 6.53. The number of fused-ring (bicyclic) bond motifs is 1. The van der Waals surface area contributed by atoms with Crippen molar-refractivity contribution in [3.05, 3.63) is 125 Å². The molecule has 0 aliphatic heterocycles. The fourth-order valence-electron chi connectivity index (χ4n) is 5.07. The van der Waals surface area contributed by atoms with Gasteiger partial charge in [0.1, 0.15) is 11.3 Å². The number of amides is 2. The minimum Gasteiger partial charge on any atom is -0.748 e. The van der Waals surface area contributed by atoms with Crippen LogP contribution in [0.4, 0.5) is 5.69 Å². The molecule has 1 aromatic heterocycles. The predicted octanol–water partition coefficient (Wildman–Crippen LogP) is 3.64. The second kappa shape index (κ2) is 14.8. The van der Waals surface area contributed by atoms with E-state index >= 15 is 0 Å². The summed E-state index contributed by atoms with van der Waals surface area (Å²) in [6, 6.07) is 32.2. The average Bonchev–Trinajstić information content (AvgIpc) is 3.44. The molecule has 0 spiro atoms. The van der Waals surface area contributed by atoms with Crippen molar-refractivity contribution in [1.82, 2.24) is 5.32 Å². The van der Waals surface area contributed by atoms with Crippen LogP contribution in [0.1, 0.15) is 53.7 Å². The Bertz CT molecular complexity index is 1880. The van der Waals surface area contributed by atoms with Crippen molar-refractivity contribution in [2.75, 3.05) is 17.6 Å². The number of para-hydroxylation sites is 1. The number of nitrogens with one attached hydrogen (secondary N) is 2. The maximum absolute atomic E-state index is 13.8. The van der Waals surface area contributed by atoms with Gasteiger partial charge in [-0.3, -0.25) is 9.59 Å². The van der Waals surface area contributed by atoms with Gasteiger partial charge in [0.05, 0.1) is 21.8 Å². The van der Waals surface area contributed by atoms with Crippen LogP contribution in [0.25, 0.3) is 22.3 Å². The van der Waals surface area contributed by atoms with Gasteiger partial charge in [-0.25, -0.2) is 8.42 Å². The molecular formula is C36H35N2NaO6S. The normalized spacial score (nSPS) is 12.3. The average molecular weight is 647 g/mol. The van der Waals surface area contributed by atoms with E-state index in [-0.39, 0.29) is 47.4 Å². The van der Waals surface area contributed by atoms with Crippen LogP contribution in [0, 0.1) is 0 Å². The van der Waals surface area contributed by atoms with E-state index in [0.29, 0.717) is 17.7 Å². The molecule has 5 rings (SSSR count). The summed E-state index contributed by atoms with van der Waals surface area (Å²) >= 11 is 0. The van der Waals surface area contributed by atoms with Gasteiger partial charge in [0.25, 0.3) is 5.91 Å². The molecule has 0 aliphatic carbocycles. The van der Waals surface area contributed by atoms with Crippen LogP contribution in [0.2, 0.25) is 0 Å². The van der Waals surface area contributed by atoms with E-state index in [1.165, 1.54) is 0 Å². The Labute approximate surface area is 291 Å². The van der Waals surface area contributed by atoms with E-state index in [1.807, 2.05) is 78.9 Å². The van der Waals surface area contributed by atoms with Crippen molar-refractivity contribution >= 4 is 38.6 Å². The van der Waals surface area contributed by atoms with E-state index in [4.69, 9.17) is 4.42 Å². The third kappa shape index (κ3) is 9.18. The first-order valence-corrected chi connectivity index (χ1v) is 16.2. The predicted molar refractivity (Wildman–Crippen MR) is 175 cm³/mol. The second-order valence-electron chi connectivity index (χ2n) is 12.1. The molecule has 1 atom stereocenters. The molecule has 0 aliphatic rings. The van der Waals surface area contributed by atoms with Crippen LogP contribution in [-0.2, 0) is 26.7 Å². The molecular weight excluding hydrogens is 611 g/mol. The van der Waals surface area contributed by atoms with Gasteiger partial charge in [-0.1, -0.05) is 75.4 Å². The molecule has 46 heavy (non-hydrogen) atoms. The van der Waals surface area contributed by atoms with Crippen molar-refractivity contribution < 1.29 is 56.5 Å². The number of hydrogen-bond acceptors (Lipinski definition) is 6. The maximum Gasteiger partial charge on any atom is 1.00 e. The van der Waals surface area contributed by atoms with E-state index in [1.54, 1.807) is 24.3 Å². The molecule has 4 aromatic carbocycles. The number of hydrogen-bond donors (Lipinski definition) is 2. The van der Waals surface area contributed by atoms with E-state index < -0.39 is 27.7 Å². The van der Waals surface area contributed by atoms with Gasteiger partial charge in [-0.2, -0.15) is 0 Å². The van der Waals surface area contributed by atoms with E-state index in [9.17, 15) is 22.6 Å². The van der Waals surface area contributed by atoms with Crippen molar-refractivity contribution in [3.63, 3.8) is 0 Å². The molecule has 0 saturated carbocycles. The molecule has 0 radical (unpaired) electrons. The molecule has 2 amide bonds. The zero-order valence-electron chi connectivity index (χ0n) is 26.4. The first-order valence-electron chi connectivity index (χ1n) is 14.7. The van der Waals surface area contributed by atoms with Gasteiger partial charge >= 0.3 is 29.6 Å². The monoisotopic (exact) mass is 646 g/mol. The second-order valence-corrected chi connectivity index (χ2v) is 13.6. The summed E-state index contributed by atoms with van der Waals surface area (Å²) in [7, 11) is -4.42. The van der Waals surface area contributed by atoms with Gasteiger partial charge in [0, 0.05) is 28.7 Å². The third-order valence-electron chi connectivity index (χ3n) is 7.65. The summed E-state index contributed by atoms with van der Waals surface area (Å²) in [5.74, 6) is -1.10. The van der Waals surface area contributed by atoms with Crippen LogP contribution >= 0.6 is 0 Å². The number of carbonyl (C=O) groups is 2. The molecule has 1 heterocycles. The number of furan rings is 1. The first kappa shape index (κ1) is 35.1. The largest absolute Gasteiger partial charge is 1.00 e. The van der Waals surface area contributed by atoms with Crippen LogP contribution < -0.4 is 40.2 Å². The van der Waals surface area contributed by atoms with Crippen LogP contribution in [0.5, 0.6) is 0 Å². The Kier molecular flexibility index (Phi) is 11.3. The first-order chi connectivity index (χ1) is 21.4. The van der Waals surface area contributed by atoms with Crippen LogP contribution in [0.15, 0.2) is 108 Å². The molecule has 0 fully saturated rings. The molecule has 232 valence electrons. The van der Waals surface area contributed by atoms with Crippen LogP contribution in [0.3, 0.4) is 0 Å². The summed E-state index contributed by atoms with van der Waals surface area (Å²) in [6.07, 6.45) is 0.383. The summed E-state index contributed by atoms with van der Waals surface area (Å²) in [6.45, 7) is 6.15. The smallest absolute Gasteiger partial charge is 0.748 e. The van der Waals surface area contributed by atoms with Crippen molar-refractivity contribution in [2.24, 2.45) is 0 Å². The zero-order chi connectivity index (χ0) is 32.2. The molecule has 0 saturated heterocycles. The number of carbonyl (C=O) groups excluding carboxylic acids is 2.